The predicted octanol–water partition coefficient (Wildman–Crippen LogP) is 1.96. The Morgan fingerprint density at radius 2 is 2.00 bits per heavy atom. The average molecular weight is 191 g/mol. The second-order valence-corrected chi connectivity index (χ2v) is 3.88. The summed E-state index contributed by atoms with van der Waals surface area (Å²) >= 11 is 0. The molecule has 0 saturated carbocycles. The molecule has 0 atom stereocenters. The Morgan fingerprint density at radius 1 is 1.29 bits per heavy atom. The fourth-order valence-electron chi connectivity index (χ4n) is 1.97. The summed E-state index contributed by atoms with van der Waals surface area (Å²) < 4.78 is 0. The van der Waals surface area contributed by atoms with Crippen LogP contribution in [0.4, 0.5) is 11.4 Å². The zero-order chi connectivity index (χ0) is 9.97. The first-order valence-electron chi connectivity index (χ1n) is 5.25. The summed E-state index contributed by atoms with van der Waals surface area (Å²) in [4.78, 5) is 6.55. The van der Waals surface area contributed by atoms with Gasteiger partial charge < -0.3 is 10.6 Å². The van der Waals surface area contributed by atoms with E-state index in [2.05, 4.69) is 9.88 Å². The number of pyridine rings is 1. The largest absolute Gasteiger partial charge is 0.396 e. The number of aromatic nitrogens is 1. The molecule has 0 aromatic carbocycles. The summed E-state index contributed by atoms with van der Waals surface area (Å²) in [6.07, 6.45) is 5.75. The lowest BCUT2D eigenvalue weighted by atomic mass is 10.1. The second-order valence-electron chi connectivity index (χ2n) is 3.88. The number of nitrogens with zero attached hydrogens (tertiary/aromatic N) is 2. The molecule has 1 saturated heterocycles. The van der Waals surface area contributed by atoms with E-state index in [4.69, 9.17) is 5.73 Å². The normalized spacial score (nSPS) is 17.1. The van der Waals surface area contributed by atoms with Crippen molar-refractivity contribution in [2.24, 2.45) is 0 Å². The van der Waals surface area contributed by atoms with Gasteiger partial charge in [0.15, 0.2) is 0 Å². The molecular formula is C11H17N3. The van der Waals surface area contributed by atoms with Gasteiger partial charge in [-0.05, 0) is 32.3 Å². The van der Waals surface area contributed by atoms with E-state index in [0.29, 0.717) is 0 Å². The zero-order valence-corrected chi connectivity index (χ0v) is 8.66. The first kappa shape index (κ1) is 9.31. The highest BCUT2D eigenvalue weighted by atomic mass is 15.1. The van der Waals surface area contributed by atoms with Crippen LogP contribution in [0.5, 0.6) is 0 Å². The Kier molecular flexibility index (Phi) is 2.57. The number of piperidine rings is 1. The van der Waals surface area contributed by atoms with Gasteiger partial charge in [-0.2, -0.15) is 0 Å². The van der Waals surface area contributed by atoms with Gasteiger partial charge in [0, 0.05) is 19.3 Å². The van der Waals surface area contributed by atoms with Crippen molar-refractivity contribution in [3.63, 3.8) is 0 Å². The van der Waals surface area contributed by atoms with Crippen LogP contribution >= 0.6 is 0 Å². The Morgan fingerprint density at radius 3 is 2.71 bits per heavy atom. The Labute approximate surface area is 84.9 Å². The fourth-order valence-corrected chi connectivity index (χ4v) is 1.97. The number of hydrogen-bond acceptors (Lipinski definition) is 3. The molecule has 2 N–H and O–H groups in total. The quantitative estimate of drug-likeness (QED) is 0.738. The van der Waals surface area contributed by atoms with E-state index in [1.807, 2.05) is 19.2 Å². The van der Waals surface area contributed by atoms with Crippen LogP contribution in [0.15, 0.2) is 12.3 Å². The maximum atomic E-state index is 6.01. The number of rotatable bonds is 1. The summed E-state index contributed by atoms with van der Waals surface area (Å²) in [5, 5.41) is 0. The minimum absolute atomic E-state index is 0.842. The Bertz CT molecular complexity index is 316. The van der Waals surface area contributed by atoms with Crippen molar-refractivity contribution in [2.45, 2.75) is 26.2 Å². The van der Waals surface area contributed by atoms with Gasteiger partial charge in [0.1, 0.15) is 0 Å². The van der Waals surface area contributed by atoms with Crippen LogP contribution in [0.1, 0.15) is 25.0 Å². The molecule has 0 radical (unpaired) electrons. The molecule has 0 bridgehead atoms. The van der Waals surface area contributed by atoms with E-state index in [1.165, 1.54) is 19.3 Å². The highest BCUT2D eigenvalue weighted by Gasteiger charge is 2.14. The minimum Gasteiger partial charge on any atom is -0.396 e. The smallest absolute Gasteiger partial charge is 0.0768 e. The lowest BCUT2D eigenvalue weighted by molar-refractivity contribution is 0.578. The van der Waals surface area contributed by atoms with Gasteiger partial charge in [0.05, 0.1) is 17.1 Å². The fraction of sp³-hybridized carbons (Fsp3) is 0.545. The lowest BCUT2D eigenvalue weighted by Crippen LogP contribution is -2.30. The van der Waals surface area contributed by atoms with Crippen LogP contribution in [0, 0.1) is 6.92 Å². The number of aryl methyl sites for hydroxylation is 1. The van der Waals surface area contributed by atoms with Gasteiger partial charge in [-0.15, -0.1) is 0 Å². The number of anilines is 2. The van der Waals surface area contributed by atoms with Gasteiger partial charge in [-0.25, -0.2) is 0 Å². The topological polar surface area (TPSA) is 42.2 Å². The van der Waals surface area contributed by atoms with E-state index in [1.54, 1.807) is 0 Å². The lowest BCUT2D eigenvalue weighted by Gasteiger charge is -2.29. The van der Waals surface area contributed by atoms with Crippen LogP contribution in [0.3, 0.4) is 0 Å². The van der Waals surface area contributed by atoms with Gasteiger partial charge in [-0.1, -0.05) is 0 Å². The molecule has 3 nitrogen and oxygen atoms in total. The highest BCUT2D eigenvalue weighted by molar-refractivity contribution is 5.69. The van der Waals surface area contributed by atoms with Gasteiger partial charge in [-0.3, -0.25) is 4.98 Å². The molecular weight excluding hydrogens is 174 g/mol. The molecule has 0 spiro atoms. The molecule has 2 heterocycles. The maximum absolute atomic E-state index is 6.01. The van der Waals surface area contributed by atoms with Crippen LogP contribution in [-0.4, -0.2) is 18.1 Å². The van der Waals surface area contributed by atoms with Crippen molar-refractivity contribution in [2.75, 3.05) is 23.7 Å². The first-order valence-corrected chi connectivity index (χ1v) is 5.25. The van der Waals surface area contributed by atoms with Gasteiger partial charge in [0.2, 0.25) is 0 Å². The standard InChI is InChI=1S/C11H17N3/c1-9-11(12)10(5-6-13-9)14-7-3-2-4-8-14/h5-6H,2-4,7-8,12H2,1H3. The molecule has 14 heavy (non-hydrogen) atoms. The van der Waals surface area contributed by atoms with E-state index in [9.17, 15) is 0 Å². The van der Waals surface area contributed by atoms with Crippen LogP contribution in [0.25, 0.3) is 0 Å². The summed E-state index contributed by atoms with van der Waals surface area (Å²) in [6, 6.07) is 2.02. The zero-order valence-electron chi connectivity index (χ0n) is 8.66. The van der Waals surface area contributed by atoms with Crippen molar-refractivity contribution in [1.29, 1.82) is 0 Å². The molecule has 0 unspecified atom stereocenters. The highest BCUT2D eigenvalue weighted by Crippen LogP contribution is 2.26. The molecule has 1 aromatic rings. The van der Waals surface area contributed by atoms with Crippen molar-refractivity contribution in [3.05, 3.63) is 18.0 Å². The third kappa shape index (κ3) is 1.67. The van der Waals surface area contributed by atoms with Crippen molar-refractivity contribution >= 4 is 11.4 Å². The first-order chi connectivity index (χ1) is 6.79. The third-order valence-corrected chi connectivity index (χ3v) is 2.86. The molecule has 3 heteroatoms. The van der Waals surface area contributed by atoms with Crippen molar-refractivity contribution in [1.82, 2.24) is 4.98 Å². The summed E-state index contributed by atoms with van der Waals surface area (Å²) in [6.45, 7) is 4.23. The van der Waals surface area contributed by atoms with Crippen LogP contribution in [-0.2, 0) is 0 Å². The molecule has 76 valence electrons. The van der Waals surface area contributed by atoms with Crippen LogP contribution < -0.4 is 10.6 Å². The monoisotopic (exact) mass is 191 g/mol. The Balaban J connectivity index is 2.26. The Hall–Kier alpha value is -1.25. The molecule has 0 amide bonds. The van der Waals surface area contributed by atoms with Crippen molar-refractivity contribution in [3.8, 4) is 0 Å². The second kappa shape index (κ2) is 3.86. The van der Waals surface area contributed by atoms with E-state index in [0.717, 1.165) is 30.2 Å². The summed E-state index contributed by atoms with van der Waals surface area (Å²) in [5.41, 5.74) is 8.95. The van der Waals surface area contributed by atoms with E-state index in [-0.39, 0.29) is 0 Å². The SMILES string of the molecule is Cc1nccc(N2CCCCC2)c1N. The maximum Gasteiger partial charge on any atom is 0.0768 e. The molecule has 0 aliphatic carbocycles. The number of nitrogens with two attached hydrogens (primary N) is 1. The minimum atomic E-state index is 0.842. The summed E-state index contributed by atoms with van der Waals surface area (Å²) in [7, 11) is 0. The molecule has 1 fully saturated rings. The van der Waals surface area contributed by atoms with Gasteiger partial charge >= 0.3 is 0 Å². The van der Waals surface area contributed by atoms with Gasteiger partial charge in [0.25, 0.3) is 0 Å². The summed E-state index contributed by atoms with van der Waals surface area (Å²) in [5.74, 6) is 0. The van der Waals surface area contributed by atoms with Crippen LogP contribution in [0.2, 0.25) is 0 Å². The number of hydrogen-bond donors (Lipinski definition) is 1. The van der Waals surface area contributed by atoms with E-state index < -0.39 is 0 Å². The number of nitrogen functional groups attached to an aromatic ring is 1. The average Bonchev–Trinajstić information content (AvgIpc) is 2.23. The molecule has 1 aliphatic heterocycles. The predicted molar refractivity (Wildman–Crippen MR) is 59.5 cm³/mol. The molecule has 1 aliphatic rings. The molecule has 2 rings (SSSR count). The van der Waals surface area contributed by atoms with Crippen molar-refractivity contribution < 1.29 is 0 Å². The van der Waals surface area contributed by atoms with E-state index >= 15 is 0 Å². The third-order valence-electron chi connectivity index (χ3n) is 2.86. The molecule has 1 aromatic heterocycles.